The van der Waals surface area contributed by atoms with Gasteiger partial charge >= 0.3 is 0 Å². The van der Waals surface area contributed by atoms with Crippen LogP contribution in [0.25, 0.3) is 11.3 Å². The van der Waals surface area contributed by atoms with Gasteiger partial charge in [-0.25, -0.2) is 0 Å². The molecule has 0 aliphatic heterocycles. The number of nitriles is 1. The first kappa shape index (κ1) is 14.4. The minimum Gasteiger partial charge on any atom is -0.254 e. The van der Waals surface area contributed by atoms with E-state index in [9.17, 15) is 0 Å². The average Bonchev–Trinajstić information content (AvgIpc) is 2.31. The molecule has 19 heavy (non-hydrogen) atoms. The normalized spacial score (nSPS) is 10.3. The molecule has 0 spiro atoms. The Hall–Kier alpha value is -0.980. The van der Waals surface area contributed by atoms with Gasteiger partial charge in [0.2, 0.25) is 0 Å². The Morgan fingerprint density at radius 1 is 1.00 bits per heavy atom. The Morgan fingerprint density at radius 2 is 1.63 bits per heavy atom. The Morgan fingerprint density at radius 3 is 2.16 bits per heavy atom. The van der Waals surface area contributed by atoms with Crippen LogP contribution in [0.5, 0.6) is 0 Å². The molecular weight excluding hydrogens is 326 g/mol. The minimum atomic E-state index is 0.245. The molecule has 0 unspecified atom stereocenters. The second-order valence-corrected chi connectivity index (χ2v) is 5.41. The molecule has 0 atom stereocenters. The summed E-state index contributed by atoms with van der Waals surface area (Å²) in [6.07, 6.45) is 1.82. The summed E-state index contributed by atoms with van der Waals surface area (Å²) in [5, 5.41) is 10.2. The highest BCUT2D eigenvalue weighted by molar-refractivity contribution is 6.43. The zero-order valence-electron chi connectivity index (χ0n) is 9.42. The van der Waals surface area contributed by atoms with E-state index in [1.54, 1.807) is 24.4 Å². The van der Waals surface area contributed by atoms with Gasteiger partial charge in [0.15, 0.2) is 0 Å². The third-order valence-electron chi connectivity index (χ3n) is 2.42. The molecule has 0 bridgehead atoms. The zero-order chi connectivity index (χ0) is 14.0. The van der Waals surface area contributed by atoms with Crippen LogP contribution in [0.2, 0.25) is 20.1 Å². The van der Waals surface area contributed by atoms with Gasteiger partial charge in [-0.2, -0.15) is 5.26 Å². The second-order valence-electron chi connectivity index (χ2n) is 3.75. The molecule has 0 aliphatic carbocycles. The molecular formula is C13H6Cl4N2. The summed E-state index contributed by atoms with van der Waals surface area (Å²) in [7, 11) is 0. The van der Waals surface area contributed by atoms with Gasteiger partial charge in [-0.05, 0) is 23.8 Å². The van der Waals surface area contributed by atoms with Gasteiger partial charge in [0, 0.05) is 16.8 Å². The van der Waals surface area contributed by atoms with Crippen LogP contribution in [0.4, 0.5) is 0 Å². The van der Waals surface area contributed by atoms with Gasteiger partial charge in [-0.1, -0.05) is 46.4 Å². The molecule has 6 heteroatoms. The van der Waals surface area contributed by atoms with Crippen LogP contribution in [-0.4, -0.2) is 4.98 Å². The molecule has 2 rings (SSSR count). The van der Waals surface area contributed by atoms with Gasteiger partial charge in [-0.3, -0.25) is 4.98 Å². The van der Waals surface area contributed by atoms with E-state index >= 15 is 0 Å². The Labute approximate surface area is 130 Å². The molecule has 0 aliphatic rings. The standard InChI is InChI=1S/C13H6Cl4N2/c14-8-4-9(15)12(10(16)5-8)13-11(17)3-7(1-2-18)6-19-13/h3-6H,1H2. The highest BCUT2D eigenvalue weighted by Gasteiger charge is 2.15. The summed E-state index contributed by atoms with van der Waals surface area (Å²) < 4.78 is 0. The smallest absolute Gasteiger partial charge is 0.0918 e. The summed E-state index contributed by atoms with van der Waals surface area (Å²) >= 11 is 24.3. The summed E-state index contributed by atoms with van der Waals surface area (Å²) in [6, 6.07) is 6.86. The van der Waals surface area contributed by atoms with Crippen molar-refractivity contribution >= 4 is 46.4 Å². The summed E-state index contributed by atoms with van der Waals surface area (Å²) in [4.78, 5) is 4.22. The lowest BCUT2D eigenvalue weighted by molar-refractivity contribution is 1.19. The Balaban J connectivity index is 2.57. The first-order chi connectivity index (χ1) is 9.02. The fraction of sp³-hybridized carbons (Fsp3) is 0.0769. The van der Waals surface area contributed by atoms with Crippen LogP contribution in [0.15, 0.2) is 24.4 Å². The van der Waals surface area contributed by atoms with Crippen LogP contribution in [-0.2, 0) is 6.42 Å². The van der Waals surface area contributed by atoms with Crippen molar-refractivity contribution in [1.29, 1.82) is 5.26 Å². The minimum absolute atomic E-state index is 0.245. The molecule has 0 saturated heterocycles. The lowest BCUT2D eigenvalue weighted by Gasteiger charge is -2.09. The van der Waals surface area contributed by atoms with Gasteiger partial charge < -0.3 is 0 Å². The number of rotatable bonds is 2. The van der Waals surface area contributed by atoms with Crippen LogP contribution >= 0.6 is 46.4 Å². The van der Waals surface area contributed by atoms with Gasteiger partial charge in [0.05, 0.1) is 33.3 Å². The van der Waals surface area contributed by atoms with E-state index in [-0.39, 0.29) is 6.42 Å². The number of halogens is 4. The maximum absolute atomic E-state index is 8.64. The van der Waals surface area contributed by atoms with Crippen molar-refractivity contribution in [2.24, 2.45) is 0 Å². The van der Waals surface area contributed by atoms with Crippen molar-refractivity contribution in [3.8, 4) is 17.3 Å². The topological polar surface area (TPSA) is 36.7 Å². The third kappa shape index (κ3) is 3.13. The lowest BCUT2D eigenvalue weighted by atomic mass is 10.1. The van der Waals surface area contributed by atoms with E-state index in [0.29, 0.717) is 31.3 Å². The van der Waals surface area contributed by atoms with E-state index in [1.165, 1.54) is 0 Å². The summed E-state index contributed by atoms with van der Waals surface area (Å²) in [5.41, 5.74) is 1.73. The fourth-order valence-electron chi connectivity index (χ4n) is 1.62. The molecule has 0 amide bonds. The number of pyridine rings is 1. The number of hydrogen-bond acceptors (Lipinski definition) is 2. The maximum Gasteiger partial charge on any atom is 0.0918 e. The van der Waals surface area contributed by atoms with Crippen molar-refractivity contribution < 1.29 is 0 Å². The Bertz CT molecular complexity index is 654. The molecule has 0 saturated carbocycles. The zero-order valence-corrected chi connectivity index (χ0v) is 12.4. The molecule has 0 radical (unpaired) electrons. The van der Waals surface area contributed by atoms with Crippen molar-refractivity contribution in [3.63, 3.8) is 0 Å². The van der Waals surface area contributed by atoms with Crippen LogP contribution < -0.4 is 0 Å². The average molecular weight is 332 g/mol. The monoisotopic (exact) mass is 330 g/mol. The molecule has 2 nitrogen and oxygen atoms in total. The molecule has 0 N–H and O–H groups in total. The van der Waals surface area contributed by atoms with Gasteiger partial charge in [-0.15, -0.1) is 0 Å². The largest absolute Gasteiger partial charge is 0.254 e. The van der Waals surface area contributed by atoms with E-state index in [0.717, 1.165) is 5.56 Å². The summed E-state index contributed by atoms with van der Waals surface area (Å²) in [5.74, 6) is 0. The number of aromatic nitrogens is 1. The van der Waals surface area contributed by atoms with Crippen molar-refractivity contribution in [1.82, 2.24) is 4.98 Å². The molecule has 1 heterocycles. The fourth-order valence-corrected chi connectivity index (χ4v) is 2.90. The van der Waals surface area contributed by atoms with E-state index in [1.807, 2.05) is 6.07 Å². The van der Waals surface area contributed by atoms with Crippen LogP contribution in [0.1, 0.15) is 5.56 Å². The predicted molar refractivity (Wildman–Crippen MR) is 79.0 cm³/mol. The van der Waals surface area contributed by atoms with Crippen molar-refractivity contribution in [2.75, 3.05) is 0 Å². The molecule has 2 aromatic rings. The highest BCUT2D eigenvalue weighted by Crippen LogP contribution is 2.39. The Kier molecular flexibility index (Phi) is 4.54. The predicted octanol–water partition coefficient (Wildman–Crippen LogP) is 5.43. The molecule has 1 aromatic heterocycles. The summed E-state index contributed by atoms with van der Waals surface area (Å²) in [6.45, 7) is 0. The number of hydrogen-bond donors (Lipinski definition) is 0. The van der Waals surface area contributed by atoms with Crippen LogP contribution in [0, 0.1) is 11.3 Å². The van der Waals surface area contributed by atoms with Crippen molar-refractivity contribution in [3.05, 3.63) is 50.0 Å². The van der Waals surface area contributed by atoms with Gasteiger partial charge in [0.25, 0.3) is 0 Å². The van der Waals surface area contributed by atoms with E-state index < -0.39 is 0 Å². The van der Waals surface area contributed by atoms with Gasteiger partial charge in [0.1, 0.15) is 0 Å². The number of nitrogens with zero attached hydrogens (tertiary/aromatic N) is 2. The molecule has 1 aromatic carbocycles. The second kappa shape index (κ2) is 5.98. The van der Waals surface area contributed by atoms with Crippen molar-refractivity contribution in [2.45, 2.75) is 6.42 Å². The first-order valence-electron chi connectivity index (χ1n) is 5.19. The quantitative estimate of drug-likeness (QED) is 0.735. The number of benzene rings is 1. The lowest BCUT2D eigenvalue weighted by Crippen LogP contribution is -1.91. The molecule has 96 valence electrons. The van der Waals surface area contributed by atoms with E-state index in [4.69, 9.17) is 51.7 Å². The van der Waals surface area contributed by atoms with E-state index in [2.05, 4.69) is 4.98 Å². The van der Waals surface area contributed by atoms with Crippen LogP contribution in [0.3, 0.4) is 0 Å². The first-order valence-corrected chi connectivity index (χ1v) is 6.70. The maximum atomic E-state index is 8.64. The third-order valence-corrected chi connectivity index (χ3v) is 3.53. The molecule has 0 fully saturated rings. The highest BCUT2D eigenvalue weighted by atomic mass is 35.5. The SMILES string of the molecule is N#CCc1cnc(-c2c(Cl)cc(Cl)cc2Cl)c(Cl)c1.